The molecule has 1 fully saturated rings. The van der Waals surface area contributed by atoms with Crippen LogP contribution in [0.4, 0.5) is 0 Å². The van der Waals surface area contributed by atoms with Gasteiger partial charge in [0.2, 0.25) is 10.0 Å². The molecule has 0 bridgehead atoms. The van der Waals surface area contributed by atoms with E-state index in [0.717, 1.165) is 12.8 Å². The number of carbonyl (C=O) groups is 1. The number of amides is 1. The van der Waals surface area contributed by atoms with Crippen LogP contribution in [0.1, 0.15) is 40.5 Å². The summed E-state index contributed by atoms with van der Waals surface area (Å²) in [5.41, 5.74) is 0.0118. The summed E-state index contributed by atoms with van der Waals surface area (Å²) < 4.78 is 32.3. The Morgan fingerprint density at radius 1 is 1.19 bits per heavy atom. The Bertz CT molecular complexity index is 700. The summed E-state index contributed by atoms with van der Waals surface area (Å²) in [5, 5.41) is 2.81. The Kier molecular flexibility index (Phi) is 6.69. The van der Waals surface area contributed by atoms with Gasteiger partial charge in [-0.15, -0.1) is 0 Å². The van der Waals surface area contributed by atoms with Gasteiger partial charge in [-0.3, -0.25) is 4.79 Å². The van der Waals surface area contributed by atoms with Crippen LogP contribution < -0.4 is 10.1 Å². The van der Waals surface area contributed by atoms with E-state index in [1.54, 1.807) is 16.4 Å². The van der Waals surface area contributed by atoms with Crippen LogP contribution in [0.3, 0.4) is 0 Å². The standard InChI is InChI=1S/C19H30N2O4S/c1-15-9-11-21(12-10-15)26(23,24)17-7-5-16(6-8-17)25-13-18(22)20-14-19(2,3)4/h5-8,15H,9-14H2,1-4H3,(H,20,22). The number of ether oxygens (including phenoxy) is 1. The Morgan fingerprint density at radius 2 is 1.77 bits per heavy atom. The van der Waals surface area contributed by atoms with E-state index >= 15 is 0 Å². The minimum atomic E-state index is -3.46. The lowest BCUT2D eigenvalue weighted by Gasteiger charge is -2.29. The maximum atomic E-state index is 12.7. The fraction of sp³-hybridized carbons (Fsp3) is 0.632. The van der Waals surface area contributed by atoms with Gasteiger partial charge in [0.05, 0.1) is 4.90 Å². The number of hydrogen-bond donors (Lipinski definition) is 1. The largest absolute Gasteiger partial charge is 0.484 e. The molecule has 2 rings (SSSR count). The molecule has 1 aliphatic heterocycles. The quantitative estimate of drug-likeness (QED) is 0.821. The van der Waals surface area contributed by atoms with Gasteiger partial charge in [0.1, 0.15) is 5.75 Å². The smallest absolute Gasteiger partial charge is 0.257 e. The predicted molar refractivity (Wildman–Crippen MR) is 102 cm³/mol. The van der Waals surface area contributed by atoms with Crippen molar-refractivity contribution in [1.29, 1.82) is 0 Å². The summed E-state index contributed by atoms with van der Waals surface area (Å²) >= 11 is 0. The molecule has 0 aromatic heterocycles. The van der Waals surface area contributed by atoms with Crippen molar-refractivity contribution in [2.24, 2.45) is 11.3 Å². The van der Waals surface area contributed by atoms with Gasteiger partial charge in [-0.1, -0.05) is 27.7 Å². The molecule has 1 amide bonds. The maximum absolute atomic E-state index is 12.7. The van der Waals surface area contributed by atoms with Crippen LogP contribution in [0.15, 0.2) is 29.2 Å². The fourth-order valence-corrected chi connectivity index (χ4v) is 4.12. The number of hydrogen-bond acceptors (Lipinski definition) is 4. The maximum Gasteiger partial charge on any atom is 0.257 e. The molecule has 7 heteroatoms. The second kappa shape index (κ2) is 8.39. The molecular weight excluding hydrogens is 352 g/mol. The van der Waals surface area contributed by atoms with E-state index in [1.165, 1.54) is 12.1 Å². The molecule has 0 aliphatic carbocycles. The van der Waals surface area contributed by atoms with Crippen molar-refractivity contribution in [3.8, 4) is 5.75 Å². The lowest BCUT2D eigenvalue weighted by Crippen LogP contribution is -2.37. The van der Waals surface area contributed by atoms with E-state index in [-0.39, 0.29) is 22.8 Å². The van der Waals surface area contributed by atoms with Crippen molar-refractivity contribution < 1.29 is 17.9 Å². The van der Waals surface area contributed by atoms with Crippen LogP contribution in [0.2, 0.25) is 0 Å². The third kappa shape index (κ3) is 5.99. The van der Waals surface area contributed by atoms with Gasteiger partial charge in [-0.2, -0.15) is 4.31 Å². The van der Waals surface area contributed by atoms with Crippen LogP contribution in [0.25, 0.3) is 0 Å². The highest BCUT2D eigenvalue weighted by molar-refractivity contribution is 7.89. The van der Waals surface area contributed by atoms with E-state index in [4.69, 9.17) is 4.74 Å². The third-order valence-electron chi connectivity index (χ3n) is 4.39. The summed E-state index contributed by atoms with van der Waals surface area (Å²) in [5.74, 6) is 0.850. The molecule has 0 unspecified atom stereocenters. The molecule has 1 saturated heterocycles. The molecule has 0 radical (unpaired) electrons. The van der Waals surface area contributed by atoms with Crippen molar-refractivity contribution >= 4 is 15.9 Å². The molecule has 0 saturated carbocycles. The van der Waals surface area contributed by atoms with E-state index in [2.05, 4.69) is 12.2 Å². The Hall–Kier alpha value is -1.60. The van der Waals surface area contributed by atoms with Crippen molar-refractivity contribution in [1.82, 2.24) is 9.62 Å². The summed E-state index contributed by atoms with van der Waals surface area (Å²) in [6.07, 6.45) is 1.79. The third-order valence-corrected chi connectivity index (χ3v) is 6.30. The molecule has 1 aromatic rings. The van der Waals surface area contributed by atoms with E-state index in [9.17, 15) is 13.2 Å². The number of carbonyl (C=O) groups excluding carboxylic acids is 1. The Balaban J connectivity index is 1.90. The highest BCUT2D eigenvalue weighted by atomic mass is 32.2. The molecule has 1 N–H and O–H groups in total. The molecule has 1 aromatic carbocycles. The molecule has 1 heterocycles. The van der Waals surface area contributed by atoms with Crippen LogP contribution >= 0.6 is 0 Å². The lowest BCUT2D eigenvalue weighted by molar-refractivity contribution is -0.123. The van der Waals surface area contributed by atoms with Crippen LogP contribution in [0.5, 0.6) is 5.75 Å². The lowest BCUT2D eigenvalue weighted by atomic mass is 9.97. The van der Waals surface area contributed by atoms with Gasteiger partial charge in [-0.05, 0) is 48.4 Å². The van der Waals surface area contributed by atoms with E-state index < -0.39 is 10.0 Å². The summed E-state index contributed by atoms with van der Waals surface area (Å²) in [7, 11) is -3.46. The normalized spacial score (nSPS) is 17.1. The van der Waals surface area contributed by atoms with Crippen LogP contribution in [0, 0.1) is 11.3 Å². The molecular formula is C19H30N2O4S. The summed E-state index contributed by atoms with van der Waals surface area (Å²) in [6, 6.07) is 6.26. The SMILES string of the molecule is CC1CCN(S(=O)(=O)c2ccc(OCC(=O)NCC(C)(C)C)cc2)CC1. The average Bonchev–Trinajstić information content (AvgIpc) is 2.58. The fourth-order valence-electron chi connectivity index (χ4n) is 2.65. The van der Waals surface area contributed by atoms with Crippen molar-refractivity contribution in [3.63, 3.8) is 0 Å². The number of piperidine rings is 1. The zero-order valence-electron chi connectivity index (χ0n) is 16.1. The zero-order chi connectivity index (χ0) is 19.4. The predicted octanol–water partition coefficient (Wildman–Crippen LogP) is 2.65. The van der Waals surface area contributed by atoms with Crippen LogP contribution in [-0.4, -0.2) is 44.9 Å². The first-order valence-corrected chi connectivity index (χ1v) is 10.5. The highest BCUT2D eigenvalue weighted by Gasteiger charge is 2.27. The van der Waals surface area contributed by atoms with Gasteiger partial charge in [-0.25, -0.2) is 8.42 Å². The van der Waals surface area contributed by atoms with Crippen molar-refractivity contribution in [3.05, 3.63) is 24.3 Å². The number of benzene rings is 1. The number of nitrogens with zero attached hydrogens (tertiary/aromatic N) is 1. The topological polar surface area (TPSA) is 75.7 Å². The Labute approximate surface area is 157 Å². The first-order valence-electron chi connectivity index (χ1n) is 9.08. The van der Waals surface area contributed by atoms with Gasteiger partial charge in [0.25, 0.3) is 5.91 Å². The molecule has 0 spiro atoms. The summed E-state index contributed by atoms with van der Waals surface area (Å²) in [6.45, 7) is 9.87. The monoisotopic (exact) mass is 382 g/mol. The van der Waals surface area contributed by atoms with Gasteiger partial charge >= 0.3 is 0 Å². The van der Waals surface area contributed by atoms with Crippen molar-refractivity contribution in [2.75, 3.05) is 26.2 Å². The van der Waals surface area contributed by atoms with E-state index in [1.807, 2.05) is 20.8 Å². The van der Waals surface area contributed by atoms with Crippen molar-refractivity contribution in [2.45, 2.75) is 45.4 Å². The number of rotatable bonds is 6. The minimum absolute atomic E-state index is 0.0118. The minimum Gasteiger partial charge on any atom is -0.484 e. The summed E-state index contributed by atoms with van der Waals surface area (Å²) in [4.78, 5) is 12.0. The second-order valence-electron chi connectivity index (χ2n) is 8.18. The highest BCUT2D eigenvalue weighted by Crippen LogP contribution is 2.24. The van der Waals surface area contributed by atoms with Gasteiger partial charge < -0.3 is 10.1 Å². The molecule has 1 aliphatic rings. The molecule has 146 valence electrons. The molecule has 26 heavy (non-hydrogen) atoms. The van der Waals surface area contributed by atoms with Gasteiger partial charge in [0, 0.05) is 19.6 Å². The van der Waals surface area contributed by atoms with Crippen LogP contribution in [-0.2, 0) is 14.8 Å². The molecule has 6 nitrogen and oxygen atoms in total. The first-order chi connectivity index (χ1) is 12.1. The number of nitrogens with one attached hydrogen (secondary N) is 1. The van der Waals surface area contributed by atoms with Gasteiger partial charge in [0.15, 0.2) is 6.61 Å². The molecule has 0 atom stereocenters. The number of sulfonamides is 1. The van der Waals surface area contributed by atoms with E-state index in [0.29, 0.717) is 31.3 Å². The second-order valence-corrected chi connectivity index (χ2v) is 10.1. The first kappa shape index (κ1) is 20.7. The zero-order valence-corrected chi connectivity index (χ0v) is 16.9. The Morgan fingerprint density at radius 3 is 2.31 bits per heavy atom. The average molecular weight is 383 g/mol.